The number of nitrogens with zero attached hydrogens (tertiary/aromatic N) is 1. The highest BCUT2D eigenvalue weighted by molar-refractivity contribution is 5.94. The largest absolute Gasteiger partial charge is 0.481 e. The molecule has 1 heterocycles. The molecular weight excluding hydrogens is 266 g/mol. The van der Waals surface area contributed by atoms with E-state index in [0.717, 1.165) is 0 Å². The third kappa shape index (κ3) is 2.26. The Balaban J connectivity index is 2.15. The van der Waals surface area contributed by atoms with Crippen molar-refractivity contribution in [2.75, 3.05) is 26.9 Å². The molecule has 0 aromatic carbocycles. The number of carbonyl (C=O) groups excluding carboxylic acids is 2. The van der Waals surface area contributed by atoms with E-state index in [2.05, 4.69) is 4.74 Å². The van der Waals surface area contributed by atoms with E-state index in [4.69, 9.17) is 9.84 Å². The number of carboxylic acids is 1. The molecule has 1 aliphatic heterocycles. The standard InChI is InChI=1S/C13H19NO6/c1-13(2)8(9(13)11(16)17)10(15)14-4-5-20-6-7(14)12(18)19-3/h7-9H,4-6H2,1-3H3,(H,16,17)/t7?,8-,9+/m0/s1. The zero-order valence-electron chi connectivity index (χ0n) is 11.8. The van der Waals surface area contributed by atoms with E-state index in [-0.39, 0.29) is 19.1 Å². The number of esters is 1. The maximum atomic E-state index is 12.5. The van der Waals surface area contributed by atoms with Crippen LogP contribution in [0.2, 0.25) is 0 Å². The first-order valence-corrected chi connectivity index (χ1v) is 6.51. The van der Waals surface area contributed by atoms with Crippen LogP contribution in [0.3, 0.4) is 0 Å². The van der Waals surface area contributed by atoms with Gasteiger partial charge in [-0.3, -0.25) is 9.59 Å². The van der Waals surface area contributed by atoms with Crippen LogP contribution >= 0.6 is 0 Å². The normalized spacial score (nSPS) is 31.6. The van der Waals surface area contributed by atoms with Crippen LogP contribution in [0.4, 0.5) is 0 Å². The molecule has 20 heavy (non-hydrogen) atoms. The van der Waals surface area contributed by atoms with Gasteiger partial charge in [-0.1, -0.05) is 13.8 Å². The number of aliphatic carboxylic acids is 1. The number of ether oxygens (including phenoxy) is 2. The van der Waals surface area contributed by atoms with Gasteiger partial charge in [-0.2, -0.15) is 0 Å². The van der Waals surface area contributed by atoms with Gasteiger partial charge < -0.3 is 19.5 Å². The lowest BCUT2D eigenvalue weighted by Gasteiger charge is -2.34. The van der Waals surface area contributed by atoms with Crippen LogP contribution in [-0.4, -0.2) is 60.8 Å². The predicted octanol–water partition coefficient (Wildman–Crippen LogP) is -0.256. The van der Waals surface area contributed by atoms with Crippen molar-refractivity contribution in [1.29, 1.82) is 0 Å². The molecule has 0 aromatic rings. The minimum Gasteiger partial charge on any atom is -0.481 e. The monoisotopic (exact) mass is 285 g/mol. The number of amides is 1. The third-order valence-electron chi connectivity index (χ3n) is 4.24. The summed E-state index contributed by atoms with van der Waals surface area (Å²) in [6.45, 7) is 4.20. The van der Waals surface area contributed by atoms with Crippen molar-refractivity contribution >= 4 is 17.8 Å². The maximum absolute atomic E-state index is 12.5. The van der Waals surface area contributed by atoms with Gasteiger partial charge in [-0.05, 0) is 5.41 Å². The number of hydrogen-bond donors (Lipinski definition) is 1. The zero-order valence-corrected chi connectivity index (χ0v) is 11.8. The highest BCUT2D eigenvalue weighted by atomic mass is 16.5. The molecule has 2 fully saturated rings. The maximum Gasteiger partial charge on any atom is 0.331 e. The summed E-state index contributed by atoms with van der Waals surface area (Å²) in [5.41, 5.74) is -0.581. The summed E-state index contributed by atoms with van der Waals surface area (Å²) in [6.07, 6.45) is 0. The van der Waals surface area contributed by atoms with Crippen LogP contribution in [0.25, 0.3) is 0 Å². The Morgan fingerprint density at radius 2 is 1.95 bits per heavy atom. The number of methoxy groups -OCH3 is 1. The van der Waals surface area contributed by atoms with Crippen molar-refractivity contribution in [1.82, 2.24) is 4.90 Å². The number of hydrogen-bond acceptors (Lipinski definition) is 5. The fraction of sp³-hybridized carbons (Fsp3) is 0.769. The molecule has 1 aliphatic carbocycles. The van der Waals surface area contributed by atoms with Crippen molar-refractivity contribution in [3.63, 3.8) is 0 Å². The van der Waals surface area contributed by atoms with Gasteiger partial charge in [0.25, 0.3) is 0 Å². The van der Waals surface area contributed by atoms with E-state index >= 15 is 0 Å². The highest BCUT2D eigenvalue weighted by Gasteiger charge is 2.67. The van der Waals surface area contributed by atoms with Crippen molar-refractivity contribution in [2.45, 2.75) is 19.9 Å². The molecule has 3 atom stereocenters. The molecule has 0 aromatic heterocycles. The summed E-state index contributed by atoms with van der Waals surface area (Å²) < 4.78 is 9.87. The van der Waals surface area contributed by atoms with E-state index in [9.17, 15) is 14.4 Å². The molecule has 2 rings (SSSR count). The molecule has 1 saturated carbocycles. The SMILES string of the molecule is COC(=O)C1COCCN1C(=O)[C@@H]1[C@H](C(=O)O)C1(C)C. The van der Waals surface area contributed by atoms with E-state index in [1.807, 2.05) is 0 Å². The molecule has 1 N–H and O–H groups in total. The Kier molecular flexibility index (Phi) is 3.73. The van der Waals surface area contributed by atoms with Gasteiger partial charge in [0.2, 0.25) is 5.91 Å². The first-order valence-electron chi connectivity index (χ1n) is 6.51. The molecule has 112 valence electrons. The Morgan fingerprint density at radius 1 is 1.30 bits per heavy atom. The summed E-state index contributed by atoms with van der Waals surface area (Å²) in [5, 5.41) is 9.14. The second kappa shape index (κ2) is 5.05. The Morgan fingerprint density at radius 3 is 2.45 bits per heavy atom. The summed E-state index contributed by atoms with van der Waals surface area (Å²) in [6, 6.07) is -0.785. The zero-order chi connectivity index (χ0) is 15.1. The average molecular weight is 285 g/mol. The van der Waals surface area contributed by atoms with Crippen molar-refractivity contribution in [2.24, 2.45) is 17.3 Å². The Labute approximate surface area is 116 Å². The van der Waals surface area contributed by atoms with Gasteiger partial charge in [0.1, 0.15) is 0 Å². The van der Waals surface area contributed by atoms with Crippen LogP contribution in [-0.2, 0) is 23.9 Å². The van der Waals surface area contributed by atoms with E-state index < -0.39 is 35.2 Å². The lowest BCUT2D eigenvalue weighted by molar-refractivity contribution is -0.162. The van der Waals surface area contributed by atoms with Crippen LogP contribution in [0.1, 0.15) is 13.8 Å². The van der Waals surface area contributed by atoms with Gasteiger partial charge >= 0.3 is 11.9 Å². The molecule has 7 nitrogen and oxygen atoms in total. The number of rotatable bonds is 3. The summed E-state index contributed by atoms with van der Waals surface area (Å²) >= 11 is 0. The predicted molar refractivity (Wildman–Crippen MR) is 66.7 cm³/mol. The van der Waals surface area contributed by atoms with Crippen molar-refractivity contribution in [3.8, 4) is 0 Å². The first kappa shape index (κ1) is 14.8. The molecule has 1 unspecified atom stereocenters. The van der Waals surface area contributed by atoms with E-state index in [0.29, 0.717) is 6.61 Å². The molecule has 2 aliphatic rings. The lowest BCUT2D eigenvalue weighted by Crippen LogP contribution is -2.53. The number of carbonyl (C=O) groups is 3. The summed E-state index contributed by atoms with van der Waals surface area (Å²) in [7, 11) is 1.25. The minimum atomic E-state index is -0.976. The van der Waals surface area contributed by atoms with Gasteiger partial charge in [0, 0.05) is 6.54 Å². The lowest BCUT2D eigenvalue weighted by atomic mass is 10.1. The van der Waals surface area contributed by atoms with E-state index in [1.54, 1.807) is 13.8 Å². The van der Waals surface area contributed by atoms with Gasteiger partial charge in [0.05, 0.1) is 32.2 Å². The molecule has 7 heteroatoms. The molecular formula is C13H19NO6. The topological polar surface area (TPSA) is 93.1 Å². The quantitative estimate of drug-likeness (QED) is 0.718. The molecule has 1 amide bonds. The smallest absolute Gasteiger partial charge is 0.331 e. The van der Waals surface area contributed by atoms with Crippen LogP contribution in [0.15, 0.2) is 0 Å². The highest BCUT2D eigenvalue weighted by Crippen LogP contribution is 2.59. The van der Waals surface area contributed by atoms with Crippen LogP contribution < -0.4 is 0 Å². The van der Waals surface area contributed by atoms with E-state index in [1.165, 1.54) is 12.0 Å². The van der Waals surface area contributed by atoms with Gasteiger partial charge in [0.15, 0.2) is 6.04 Å². The molecule has 1 saturated heterocycles. The Hall–Kier alpha value is -1.63. The fourth-order valence-electron chi connectivity index (χ4n) is 2.94. The minimum absolute atomic E-state index is 0.0866. The summed E-state index contributed by atoms with van der Waals surface area (Å²) in [5.74, 6) is -3.11. The fourth-order valence-corrected chi connectivity index (χ4v) is 2.94. The first-order chi connectivity index (χ1) is 9.32. The van der Waals surface area contributed by atoms with Crippen LogP contribution in [0.5, 0.6) is 0 Å². The van der Waals surface area contributed by atoms with Gasteiger partial charge in [-0.25, -0.2) is 4.79 Å². The molecule has 0 spiro atoms. The third-order valence-corrected chi connectivity index (χ3v) is 4.24. The summed E-state index contributed by atoms with van der Waals surface area (Å²) in [4.78, 5) is 36.8. The average Bonchev–Trinajstić information content (AvgIpc) is 3.00. The number of carboxylic acid groups (broad SMARTS) is 1. The second-order valence-corrected chi connectivity index (χ2v) is 5.76. The second-order valence-electron chi connectivity index (χ2n) is 5.76. The molecule has 0 radical (unpaired) electrons. The number of morpholine rings is 1. The Bertz CT molecular complexity index is 446. The van der Waals surface area contributed by atoms with Crippen molar-refractivity contribution in [3.05, 3.63) is 0 Å². The van der Waals surface area contributed by atoms with Crippen LogP contribution in [0, 0.1) is 17.3 Å². The van der Waals surface area contributed by atoms with Crippen molar-refractivity contribution < 1.29 is 29.0 Å². The molecule has 0 bridgehead atoms. The van der Waals surface area contributed by atoms with Gasteiger partial charge in [-0.15, -0.1) is 0 Å².